The molecule has 0 atom stereocenters. The van der Waals surface area contributed by atoms with Crippen LogP contribution in [-0.4, -0.2) is 14.3 Å². The molecule has 37 heavy (non-hydrogen) atoms. The molecule has 1 heterocycles. The first-order valence-corrected chi connectivity index (χ1v) is 12.9. The number of para-hydroxylation sites is 2. The van der Waals surface area contributed by atoms with Crippen molar-refractivity contribution >= 4 is 33.0 Å². The topological polar surface area (TPSA) is 66.5 Å². The summed E-state index contributed by atoms with van der Waals surface area (Å²) in [7, 11) is -4.28. The highest BCUT2D eigenvalue weighted by molar-refractivity contribution is 7.92. The van der Waals surface area contributed by atoms with Crippen LogP contribution < -0.4 is 9.62 Å². The Kier molecular flexibility index (Phi) is 6.25. The first-order chi connectivity index (χ1) is 17.6. The number of rotatable bonds is 4. The summed E-state index contributed by atoms with van der Waals surface area (Å²) in [5.74, 6) is -0.419. The fourth-order valence-electron chi connectivity index (χ4n) is 4.40. The highest BCUT2D eigenvalue weighted by atomic mass is 32.2. The van der Waals surface area contributed by atoms with Crippen LogP contribution in [0.25, 0.3) is 0 Å². The van der Waals surface area contributed by atoms with Crippen LogP contribution in [0.4, 0.5) is 30.2 Å². The van der Waals surface area contributed by atoms with Crippen molar-refractivity contribution in [2.45, 2.75) is 23.9 Å². The SMILES string of the molecule is O=C(c1cccc(S(=O)(=O)Nc2cccc(C(F)(F)F)c2)c1)N1c2ccccc2CCc2ccccc21. The molecule has 5 nitrogen and oxygen atoms in total. The van der Waals surface area contributed by atoms with Gasteiger partial charge >= 0.3 is 6.18 Å². The van der Waals surface area contributed by atoms with Crippen LogP contribution in [-0.2, 0) is 29.0 Å². The van der Waals surface area contributed by atoms with Gasteiger partial charge in [0, 0.05) is 11.3 Å². The molecule has 0 fully saturated rings. The molecule has 0 saturated carbocycles. The molecule has 1 aliphatic heterocycles. The third kappa shape index (κ3) is 4.95. The molecule has 4 aromatic carbocycles. The normalized spacial score (nSPS) is 13.3. The number of sulfonamides is 1. The van der Waals surface area contributed by atoms with E-state index >= 15 is 0 Å². The fourth-order valence-corrected chi connectivity index (χ4v) is 5.49. The Morgan fingerprint density at radius 1 is 0.757 bits per heavy atom. The predicted molar refractivity (Wildman–Crippen MR) is 135 cm³/mol. The number of hydrogen-bond acceptors (Lipinski definition) is 3. The highest BCUT2D eigenvalue weighted by Gasteiger charge is 2.31. The van der Waals surface area contributed by atoms with Gasteiger partial charge in [0.1, 0.15) is 0 Å². The summed E-state index contributed by atoms with van der Waals surface area (Å²) in [6, 6.07) is 24.5. The minimum absolute atomic E-state index is 0.124. The lowest BCUT2D eigenvalue weighted by atomic mass is 10.0. The van der Waals surface area contributed by atoms with E-state index in [2.05, 4.69) is 4.72 Å². The molecule has 0 spiro atoms. The van der Waals surface area contributed by atoms with Gasteiger partial charge in [-0.25, -0.2) is 8.42 Å². The Morgan fingerprint density at radius 3 is 1.97 bits per heavy atom. The molecule has 1 aliphatic rings. The zero-order valence-corrected chi connectivity index (χ0v) is 20.2. The van der Waals surface area contributed by atoms with Crippen LogP contribution in [0, 0.1) is 0 Å². The van der Waals surface area contributed by atoms with Crippen LogP contribution >= 0.6 is 0 Å². The zero-order valence-electron chi connectivity index (χ0n) is 19.4. The monoisotopic (exact) mass is 522 g/mol. The number of halogens is 3. The van der Waals surface area contributed by atoms with Gasteiger partial charge < -0.3 is 0 Å². The van der Waals surface area contributed by atoms with Crippen molar-refractivity contribution in [2.24, 2.45) is 0 Å². The van der Waals surface area contributed by atoms with Crippen molar-refractivity contribution in [3.8, 4) is 0 Å². The first kappa shape index (κ1) is 24.6. The highest BCUT2D eigenvalue weighted by Crippen LogP contribution is 2.37. The molecule has 0 radical (unpaired) electrons. The first-order valence-electron chi connectivity index (χ1n) is 11.4. The van der Waals surface area contributed by atoms with E-state index in [1.807, 2.05) is 48.5 Å². The van der Waals surface area contributed by atoms with E-state index in [1.165, 1.54) is 30.3 Å². The van der Waals surface area contributed by atoms with Gasteiger partial charge in [-0.15, -0.1) is 0 Å². The molecular weight excluding hydrogens is 501 g/mol. The number of hydrogen-bond donors (Lipinski definition) is 1. The van der Waals surface area contributed by atoms with Crippen molar-refractivity contribution in [3.05, 3.63) is 119 Å². The van der Waals surface area contributed by atoms with E-state index in [4.69, 9.17) is 0 Å². The smallest absolute Gasteiger partial charge is 0.280 e. The fraction of sp³-hybridized carbons (Fsp3) is 0.107. The molecule has 188 valence electrons. The molecule has 0 aromatic heterocycles. The lowest BCUT2D eigenvalue weighted by Gasteiger charge is -2.25. The summed E-state index contributed by atoms with van der Waals surface area (Å²) >= 11 is 0. The quantitative estimate of drug-likeness (QED) is 0.329. The summed E-state index contributed by atoms with van der Waals surface area (Å²) < 4.78 is 67.5. The van der Waals surface area contributed by atoms with Gasteiger partial charge in [-0.3, -0.25) is 14.4 Å². The second kappa shape index (κ2) is 9.40. The van der Waals surface area contributed by atoms with E-state index in [1.54, 1.807) is 4.90 Å². The number of fused-ring (bicyclic) bond motifs is 2. The maximum Gasteiger partial charge on any atom is 0.416 e. The van der Waals surface area contributed by atoms with E-state index in [-0.39, 0.29) is 16.1 Å². The van der Waals surface area contributed by atoms with Crippen LogP contribution in [0.15, 0.2) is 102 Å². The molecule has 0 saturated heterocycles. The zero-order chi connectivity index (χ0) is 26.2. The lowest BCUT2D eigenvalue weighted by molar-refractivity contribution is -0.137. The summed E-state index contributed by atoms with van der Waals surface area (Å²) in [6.45, 7) is 0. The van der Waals surface area contributed by atoms with Gasteiger partial charge in [0.15, 0.2) is 0 Å². The number of alkyl halides is 3. The van der Waals surface area contributed by atoms with Gasteiger partial charge in [0.05, 0.1) is 21.8 Å². The van der Waals surface area contributed by atoms with Crippen LogP contribution in [0.5, 0.6) is 0 Å². The molecular formula is C28H21F3N2O3S. The third-order valence-electron chi connectivity index (χ3n) is 6.17. The Balaban J connectivity index is 1.52. The van der Waals surface area contributed by atoms with Gasteiger partial charge in [-0.05, 0) is 72.5 Å². The van der Waals surface area contributed by atoms with E-state index in [9.17, 15) is 26.4 Å². The number of carbonyl (C=O) groups excluding carboxylic acids is 1. The predicted octanol–water partition coefficient (Wildman–Crippen LogP) is 6.58. The Bertz CT molecular complexity index is 1550. The summed E-state index contributed by atoms with van der Waals surface area (Å²) in [4.78, 5) is 15.2. The second-order valence-electron chi connectivity index (χ2n) is 8.61. The average molecular weight is 523 g/mol. The molecule has 0 aliphatic carbocycles. The van der Waals surface area contributed by atoms with Crippen molar-refractivity contribution in [2.75, 3.05) is 9.62 Å². The minimum Gasteiger partial charge on any atom is -0.280 e. The maximum atomic E-state index is 13.9. The summed E-state index contributed by atoms with van der Waals surface area (Å²) in [6.07, 6.45) is -3.13. The average Bonchev–Trinajstić information content (AvgIpc) is 3.05. The maximum absolute atomic E-state index is 13.9. The largest absolute Gasteiger partial charge is 0.416 e. The second-order valence-corrected chi connectivity index (χ2v) is 10.3. The van der Waals surface area contributed by atoms with Crippen molar-refractivity contribution in [1.82, 2.24) is 0 Å². The molecule has 1 N–H and O–H groups in total. The van der Waals surface area contributed by atoms with E-state index < -0.39 is 27.7 Å². The molecule has 5 rings (SSSR count). The number of aryl methyl sites for hydroxylation is 2. The van der Waals surface area contributed by atoms with E-state index in [0.717, 1.165) is 42.2 Å². The lowest BCUT2D eigenvalue weighted by Crippen LogP contribution is -2.27. The number of nitrogens with zero attached hydrogens (tertiary/aromatic N) is 1. The number of amides is 1. The standard InChI is InChI=1S/C28H21F3N2O3S/c29-28(30,31)22-10-6-11-23(18-22)32-37(35,36)24-12-5-9-21(17-24)27(34)33-25-13-3-1-7-19(25)15-16-20-8-2-4-14-26(20)33/h1-14,17-18,32H,15-16H2. The molecule has 1 amide bonds. The number of benzene rings is 4. The van der Waals surface area contributed by atoms with Gasteiger partial charge in [-0.1, -0.05) is 48.5 Å². The molecule has 4 aromatic rings. The minimum atomic E-state index is -4.62. The van der Waals surface area contributed by atoms with Crippen molar-refractivity contribution in [3.63, 3.8) is 0 Å². The Labute approximate surface area is 212 Å². The van der Waals surface area contributed by atoms with Crippen LogP contribution in [0.3, 0.4) is 0 Å². The Morgan fingerprint density at radius 2 is 1.35 bits per heavy atom. The third-order valence-corrected chi connectivity index (χ3v) is 7.54. The van der Waals surface area contributed by atoms with Gasteiger partial charge in [0.2, 0.25) is 0 Å². The molecule has 9 heteroatoms. The van der Waals surface area contributed by atoms with E-state index in [0.29, 0.717) is 11.4 Å². The number of nitrogens with one attached hydrogen (secondary N) is 1. The van der Waals surface area contributed by atoms with Crippen LogP contribution in [0.2, 0.25) is 0 Å². The molecule has 0 bridgehead atoms. The van der Waals surface area contributed by atoms with Crippen molar-refractivity contribution < 1.29 is 26.4 Å². The molecule has 0 unspecified atom stereocenters. The van der Waals surface area contributed by atoms with Crippen molar-refractivity contribution in [1.29, 1.82) is 0 Å². The Hall–Kier alpha value is -4.11. The summed E-state index contributed by atoms with van der Waals surface area (Å²) in [5, 5.41) is 0. The number of carbonyl (C=O) groups is 1. The summed E-state index contributed by atoms with van der Waals surface area (Å²) in [5.41, 5.74) is 2.32. The van der Waals surface area contributed by atoms with Crippen LogP contribution in [0.1, 0.15) is 27.0 Å². The number of anilines is 3. The van der Waals surface area contributed by atoms with Gasteiger partial charge in [0.25, 0.3) is 15.9 Å². The van der Waals surface area contributed by atoms with Gasteiger partial charge in [-0.2, -0.15) is 13.2 Å².